The summed E-state index contributed by atoms with van der Waals surface area (Å²) in [5.74, 6) is 0. The lowest BCUT2D eigenvalue weighted by molar-refractivity contribution is 1.24. The first-order chi connectivity index (χ1) is 25.8. The van der Waals surface area contributed by atoms with E-state index in [-0.39, 0.29) is 6.71 Å². The van der Waals surface area contributed by atoms with E-state index in [1.165, 1.54) is 50.3 Å². The lowest BCUT2D eigenvalue weighted by Crippen LogP contribution is -2.61. The molecule has 0 bridgehead atoms. The highest BCUT2D eigenvalue weighted by Gasteiger charge is 2.43. The molecule has 2 heterocycles. The fourth-order valence-corrected chi connectivity index (χ4v) is 8.18. The number of fused-ring (bicyclic) bond motifs is 4. The molecule has 0 aliphatic carbocycles. The van der Waals surface area contributed by atoms with Gasteiger partial charge in [-0.25, -0.2) is 0 Å². The van der Waals surface area contributed by atoms with Gasteiger partial charge in [-0.1, -0.05) is 127 Å². The van der Waals surface area contributed by atoms with Crippen LogP contribution in [0.5, 0.6) is 0 Å². The van der Waals surface area contributed by atoms with Crippen molar-refractivity contribution in [3.05, 3.63) is 206 Å². The molecule has 0 aromatic heterocycles. The van der Waals surface area contributed by atoms with Crippen molar-refractivity contribution in [3.8, 4) is 11.1 Å². The summed E-state index contributed by atoms with van der Waals surface area (Å²) >= 11 is 0. The molecule has 0 atom stereocenters. The highest BCUT2D eigenvalue weighted by atomic mass is 15.2. The van der Waals surface area contributed by atoms with E-state index in [9.17, 15) is 0 Å². The molecule has 0 N–H and O–H groups in total. The van der Waals surface area contributed by atoms with Crippen molar-refractivity contribution in [1.82, 2.24) is 0 Å². The van der Waals surface area contributed by atoms with E-state index < -0.39 is 0 Å². The lowest BCUT2D eigenvalue weighted by Gasteiger charge is -2.44. The van der Waals surface area contributed by atoms with Gasteiger partial charge in [0.25, 0.3) is 6.71 Å². The van der Waals surface area contributed by atoms with E-state index >= 15 is 0 Å². The number of nitrogens with zero attached hydrogens (tertiary/aromatic N) is 3. The molecule has 0 radical (unpaired) electrons. The maximum atomic E-state index is 2.48. The van der Waals surface area contributed by atoms with Crippen molar-refractivity contribution >= 4 is 74.3 Å². The van der Waals surface area contributed by atoms with Crippen LogP contribution in [-0.4, -0.2) is 6.71 Å². The standard InChI is InChI=1S/C48H34BN3/c1-5-16-35(17-6-1)36-28-30-40(31-29-36)52-46-27-15-26-45-48(46)49(42-24-13-14-25-44(42)51(45)39-22-11-4-12-23-39)43-33-32-41(34-47(43)52)50(37-18-7-2-8-19-37)38-20-9-3-10-21-38/h1-34H. The van der Waals surface area contributed by atoms with E-state index in [1.54, 1.807) is 0 Å². The van der Waals surface area contributed by atoms with Crippen LogP contribution in [0.2, 0.25) is 0 Å². The molecule has 4 heteroatoms. The van der Waals surface area contributed by atoms with Crippen LogP contribution in [0.15, 0.2) is 206 Å². The van der Waals surface area contributed by atoms with Crippen molar-refractivity contribution in [2.24, 2.45) is 0 Å². The minimum Gasteiger partial charge on any atom is -0.311 e. The van der Waals surface area contributed by atoms with Crippen LogP contribution in [0.3, 0.4) is 0 Å². The third kappa shape index (κ3) is 4.91. The Balaban J connectivity index is 1.22. The smallest absolute Gasteiger partial charge is 0.252 e. The van der Waals surface area contributed by atoms with E-state index in [4.69, 9.17) is 0 Å². The second-order valence-electron chi connectivity index (χ2n) is 13.4. The van der Waals surface area contributed by atoms with Crippen molar-refractivity contribution in [2.75, 3.05) is 14.7 Å². The van der Waals surface area contributed by atoms with Gasteiger partial charge in [0.2, 0.25) is 0 Å². The van der Waals surface area contributed by atoms with Gasteiger partial charge in [0, 0.05) is 51.2 Å². The van der Waals surface area contributed by atoms with E-state index in [0.29, 0.717) is 0 Å². The first-order valence-corrected chi connectivity index (χ1v) is 17.9. The normalized spacial score (nSPS) is 12.5. The fraction of sp³-hybridized carbons (Fsp3) is 0. The average Bonchev–Trinajstić information content (AvgIpc) is 3.22. The number of hydrogen-bond donors (Lipinski definition) is 0. The molecule has 0 amide bonds. The van der Waals surface area contributed by atoms with Crippen LogP contribution in [0.4, 0.5) is 51.2 Å². The Morgan fingerprint density at radius 2 is 0.808 bits per heavy atom. The van der Waals surface area contributed by atoms with Crippen LogP contribution >= 0.6 is 0 Å². The maximum Gasteiger partial charge on any atom is 0.252 e. The monoisotopic (exact) mass is 663 g/mol. The highest BCUT2D eigenvalue weighted by molar-refractivity contribution is 7.00. The summed E-state index contributed by atoms with van der Waals surface area (Å²) < 4.78 is 0. The molecule has 0 unspecified atom stereocenters. The number of para-hydroxylation sites is 4. The second kappa shape index (κ2) is 12.5. The zero-order valence-electron chi connectivity index (χ0n) is 28.5. The van der Waals surface area contributed by atoms with Crippen molar-refractivity contribution in [1.29, 1.82) is 0 Å². The zero-order chi connectivity index (χ0) is 34.4. The molecule has 2 aliphatic rings. The van der Waals surface area contributed by atoms with E-state index in [0.717, 1.165) is 28.4 Å². The Hall–Kier alpha value is -6.78. The molecule has 8 aromatic rings. The van der Waals surface area contributed by atoms with Gasteiger partial charge in [-0.3, -0.25) is 0 Å². The third-order valence-corrected chi connectivity index (χ3v) is 10.4. The van der Waals surface area contributed by atoms with Crippen LogP contribution in [-0.2, 0) is 0 Å². The predicted octanol–water partition coefficient (Wildman–Crippen LogP) is 10.9. The lowest BCUT2D eigenvalue weighted by atomic mass is 9.33. The van der Waals surface area contributed by atoms with Crippen LogP contribution < -0.4 is 31.1 Å². The van der Waals surface area contributed by atoms with Crippen LogP contribution in [0.25, 0.3) is 11.1 Å². The van der Waals surface area contributed by atoms with Gasteiger partial charge in [-0.2, -0.15) is 0 Å². The number of hydrogen-bond acceptors (Lipinski definition) is 3. The first-order valence-electron chi connectivity index (χ1n) is 17.9. The molecule has 8 aromatic carbocycles. The molecule has 3 nitrogen and oxygen atoms in total. The van der Waals surface area contributed by atoms with Gasteiger partial charge in [0.1, 0.15) is 0 Å². The summed E-state index contributed by atoms with van der Waals surface area (Å²) in [7, 11) is 0. The molecule has 0 spiro atoms. The molecule has 244 valence electrons. The van der Waals surface area contributed by atoms with Gasteiger partial charge in [0.15, 0.2) is 0 Å². The molecule has 52 heavy (non-hydrogen) atoms. The SMILES string of the molecule is c1ccc(-c2ccc(N3c4cc(N(c5ccccc5)c5ccccc5)ccc4B4c5ccccc5N(c5ccccc5)c5cccc3c54)cc2)cc1. The number of benzene rings is 8. The van der Waals surface area contributed by atoms with Gasteiger partial charge in [0.05, 0.1) is 0 Å². The number of rotatable bonds is 6. The Bertz CT molecular complexity index is 2480. The second-order valence-corrected chi connectivity index (χ2v) is 13.4. The van der Waals surface area contributed by atoms with Gasteiger partial charge in [-0.05, 0) is 106 Å². The van der Waals surface area contributed by atoms with Crippen LogP contribution in [0.1, 0.15) is 0 Å². The molecule has 0 saturated heterocycles. The Morgan fingerprint density at radius 1 is 0.327 bits per heavy atom. The summed E-state index contributed by atoms with van der Waals surface area (Å²) in [5.41, 5.74) is 16.8. The minimum atomic E-state index is 0.0631. The fourth-order valence-electron chi connectivity index (χ4n) is 8.18. The quantitative estimate of drug-likeness (QED) is 0.164. The first kappa shape index (κ1) is 30.1. The van der Waals surface area contributed by atoms with Crippen molar-refractivity contribution in [2.45, 2.75) is 0 Å². The van der Waals surface area contributed by atoms with Crippen molar-refractivity contribution in [3.63, 3.8) is 0 Å². The molecule has 10 rings (SSSR count). The summed E-state index contributed by atoms with van der Waals surface area (Å²) in [6.45, 7) is 0.0631. The van der Waals surface area contributed by atoms with Gasteiger partial charge in [-0.15, -0.1) is 0 Å². The summed E-state index contributed by atoms with van der Waals surface area (Å²) in [6, 6.07) is 74.6. The topological polar surface area (TPSA) is 9.72 Å². The predicted molar refractivity (Wildman–Crippen MR) is 221 cm³/mol. The molecule has 0 saturated carbocycles. The highest BCUT2D eigenvalue weighted by Crippen LogP contribution is 2.45. The molecule has 0 fully saturated rings. The molecular formula is C48H34BN3. The average molecular weight is 664 g/mol. The van der Waals surface area contributed by atoms with Crippen molar-refractivity contribution < 1.29 is 0 Å². The Kier molecular flexibility index (Phi) is 7.25. The van der Waals surface area contributed by atoms with Gasteiger partial charge >= 0.3 is 0 Å². The molecule has 2 aliphatic heterocycles. The third-order valence-electron chi connectivity index (χ3n) is 10.4. The summed E-state index contributed by atoms with van der Waals surface area (Å²) in [5, 5.41) is 0. The minimum absolute atomic E-state index is 0.0631. The number of anilines is 9. The van der Waals surface area contributed by atoms with E-state index in [2.05, 4.69) is 221 Å². The van der Waals surface area contributed by atoms with Gasteiger partial charge < -0.3 is 14.7 Å². The van der Waals surface area contributed by atoms with Crippen LogP contribution in [0, 0.1) is 0 Å². The summed E-state index contributed by atoms with van der Waals surface area (Å²) in [6.07, 6.45) is 0. The zero-order valence-corrected chi connectivity index (χ0v) is 28.5. The molecular weight excluding hydrogens is 629 g/mol. The Labute approximate surface area is 305 Å². The summed E-state index contributed by atoms with van der Waals surface area (Å²) in [4.78, 5) is 7.27. The van der Waals surface area contributed by atoms with E-state index in [1.807, 2.05) is 0 Å². The Morgan fingerprint density at radius 3 is 1.46 bits per heavy atom. The maximum absolute atomic E-state index is 2.48. The largest absolute Gasteiger partial charge is 0.311 e.